The van der Waals surface area contributed by atoms with Gasteiger partial charge in [0.15, 0.2) is 5.78 Å². The first-order chi connectivity index (χ1) is 18.8. The molecule has 0 radical (unpaired) electrons. The van der Waals surface area contributed by atoms with Gasteiger partial charge in [-0.25, -0.2) is 0 Å². The van der Waals surface area contributed by atoms with Crippen molar-refractivity contribution in [1.29, 1.82) is 5.26 Å². The fourth-order valence-electron chi connectivity index (χ4n) is 5.57. The summed E-state index contributed by atoms with van der Waals surface area (Å²) in [5, 5.41) is 11.2. The van der Waals surface area contributed by atoms with Gasteiger partial charge in [-0.2, -0.15) is 17.0 Å². The third-order valence-corrected chi connectivity index (χ3v) is 9.35. The number of nitrogens with two attached hydrogens (primary N) is 1. The van der Waals surface area contributed by atoms with Gasteiger partial charge in [0, 0.05) is 29.2 Å². The van der Waals surface area contributed by atoms with E-state index < -0.39 is 5.92 Å². The molecule has 2 aliphatic rings. The minimum Gasteiger partial charge on any atom is -0.384 e. The Labute approximate surface area is 244 Å². The largest absolute Gasteiger partial charge is 0.384 e. The summed E-state index contributed by atoms with van der Waals surface area (Å²) in [5.74, 6) is 1.55. The van der Waals surface area contributed by atoms with E-state index in [-0.39, 0.29) is 5.78 Å². The minimum absolute atomic E-state index is 0.0460. The Bertz CT molecular complexity index is 1560. The van der Waals surface area contributed by atoms with Crippen molar-refractivity contribution in [1.82, 2.24) is 0 Å². The van der Waals surface area contributed by atoms with Crippen LogP contribution in [-0.4, -0.2) is 5.78 Å². The van der Waals surface area contributed by atoms with Crippen LogP contribution in [0.25, 0.3) is 0 Å². The zero-order valence-corrected chi connectivity index (χ0v) is 24.3. The van der Waals surface area contributed by atoms with Crippen molar-refractivity contribution in [3.05, 3.63) is 121 Å². The van der Waals surface area contributed by atoms with E-state index in [2.05, 4.69) is 49.4 Å². The second kappa shape index (κ2) is 11.5. The molecule has 0 spiro atoms. The molecule has 4 nitrogen and oxygen atoms in total. The lowest BCUT2D eigenvalue weighted by molar-refractivity contribution is -0.116. The highest BCUT2D eigenvalue weighted by atomic mass is 35.5. The zero-order chi connectivity index (χ0) is 27.7. The van der Waals surface area contributed by atoms with Gasteiger partial charge < -0.3 is 5.73 Å². The fourth-order valence-corrected chi connectivity index (χ4v) is 7.01. The molecule has 0 saturated heterocycles. The van der Waals surface area contributed by atoms with Crippen molar-refractivity contribution in [3.8, 4) is 6.07 Å². The minimum atomic E-state index is -0.523. The van der Waals surface area contributed by atoms with Crippen molar-refractivity contribution < 1.29 is 4.79 Å². The summed E-state index contributed by atoms with van der Waals surface area (Å²) in [6, 6.07) is 22.4. The van der Waals surface area contributed by atoms with E-state index in [0.29, 0.717) is 52.0 Å². The first-order valence-electron chi connectivity index (χ1n) is 12.9. The molecule has 2 N–H and O–H groups in total. The molecule has 3 aromatic rings. The topological polar surface area (TPSA) is 70.1 Å². The van der Waals surface area contributed by atoms with Crippen LogP contribution in [0.1, 0.15) is 53.0 Å². The normalized spacial score (nSPS) is 17.4. The molecule has 1 unspecified atom stereocenters. The van der Waals surface area contributed by atoms with Crippen LogP contribution in [0.5, 0.6) is 0 Å². The van der Waals surface area contributed by atoms with E-state index >= 15 is 0 Å². The lowest BCUT2D eigenvalue weighted by Gasteiger charge is -2.40. The van der Waals surface area contributed by atoms with Gasteiger partial charge in [-0.3, -0.25) is 9.69 Å². The molecule has 0 fully saturated rings. The van der Waals surface area contributed by atoms with Gasteiger partial charge >= 0.3 is 0 Å². The number of rotatable bonds is 6. The summed E-state index contributed by atoms with van der Waals surface area (Å²) < 4.78 is 0. The molecule has 1 atom stereocenters. The molecule has 1 aliphatic carbocycles. The van der Waals surface area contributed by atoms with Crippen LogP contribution < -0.4 is 10.6 Å². The monoisotopic (exact) mass is 573 g/mol. The van der Waals surface area contributed by atoms with Gasteiger partial charge in [-0.05, 0) is 66.6 Å². The van der Waals surface area contributed by atoms with Crippen molar-refractivity contribution in [2.45, 2.75) is 50.5 Å². The Hall–Kier alpha value is -3.17. The first-order valence-corrected chi connectivity index (χ1v) is 14.8. The van der Waals surface area contributed by atoms with Gasteiger partial charge in [0.1, 0.15) is 5.82 Å². The molecule has 0 aromatic heterocycles. The van der Waals surface area contributed by atoms with Gasteiger partial charge in [0.2, 0.25) is 0 Å². The lowest BCUT2D eigenvalue weighted by Crippen LogP contribution is -2.39. The average molecular weight is 575 g/mol. The Morgan fingerprint density at radius 1 is 1.03 bits per heavy atom. The maximum atomic E-state index is 13.6. The molecule has 0 bridgehead atoms. The van der Waals surface area contributed by atoms with E-state index in [1.807, 2.05) is 30.8 Å². The second-order valence-corrected chi connectivity index (χ2v) is 11.8. The maximum Gasteiger partial charge on any atom is 0.161 e. The Morgan fingerprint density at radius 3 is 2.54 bits per heavy atom. The van der Waals surface area contributed by atoms with Crippen LogP contribution in [0.15, 0.2) is 83.3 Å². The summed E-state index contributed by atoms with van der Waals surface area (Å²) in [6.07, 6.45) is 1.81. The Balaban J connectivity index is 1.60. The van der Waals surface area contributed by atoms with E-state index in [4.69, 9.17) is 28.9 Å². The van der Waals surface area contributed by atoms with Gasteiger partial charge in [0.05, 0.1) is 33.3 Å². The zero-order valence-electron chi connectivity index (χ0n) is 21.9. The number of benzene rings is 3. The third-order valence-electron chi connectivity index (χ3n) is 7.49. The molecular formula is C32H29Cl2N3OS. The molecule has 7 heteroatoms. The molecule has 39 heavy (non-hydrogen) atoms. The molecular weight excluding hydrogens is 545 g/mol. The van der Waals surface area contributed by atoms with Gasteiger partial charge in [-0.15, -0.1) is 0 Å². The molecule has 1 heterocycles. The SMILES string of the molecule is Cc1cc(C)c(C2C(C#N)=C(N)N(c3cccc(Cl)c3Cl)C3=C2C(=O)CCC3)cc1CSCc1ccccc1. The number of nitrogens with zero attached hydrogens (tertiary/aromatic N) is 2. The lowest BCUT2D eigenvalue weighted by atomic mass is 9.74. The van der Waals surface area contributed by atoms with Crippen LogP contribution >= 0.6 is 35.0 Å². The standard InChI is InChI=1S/C32H29Cl2N3OS/c1-19-14-20(2)23(15-22(19)18-39-17-21-8-4-3-5-9-21)29-24(16-35)32(36)37(26-11-7-13-28(38)30(26)29)27-12-6-10-25(33)31(27)34/h3-6,8-10,12,14-15,29H,7,11,13,17-18,36H2,1-2H3. The smallest absolute Gasteiger partial charge is 0.161 e. The number of carbonyl (C=O) groups excluding carboxylic acids is 1. The summed E-state index contributed by atoms with van der Waals surface area (Å²) in [7, 11) is 0. The molecule has 1 aliphatic heterocycles. The summed E-state index contributed by atoms with van der Waals surface area (Å²) in [6.45, 7) is 4.16. The van der Waals surface area contributed by atoms with Crippen LogP contribution in [0.3, 0.4) is 0 Å². The average Bonchev–Trinajstić information content (AvgIpc) is 2.92. The van der Waals surface area contributed by atoms with E-state index in [9.17, 15) is 10.1 Å². The summed E-state index contributed by atoms with van der Waals surface area (Å²) >= 11 is 14.8. The summed E-state index contributed by atoms with van der Waals surface area (Å²) in [4.78, 5) is 15.4. The number of aryl methyl sites for hydroxylation is 2. The van der Waals surface area contributed by atoms with Crippen molar-refractivity contribution in [2.75, 3.05) is 4.90 Å². The number of nitriles is 1. The highest BCUT2D eigenvalue weighted by molar-refractivity contribution is 7.97. The first kappa shape index (κ1) is 27.4. The second-order valence-electron chi connectivity index (χ2n) is 10.0. The maximum absolute atomic E-state index is 13.6. The van der Waals surface area contributed by atoms with Gasteiger partial charge in [-0.1, -0.05) is 71.7 Å². The number of allylic oxidation sites excluding steroid dienone is 3. The fraction of sp³-hybridized carbons (Fsp3) is 0.250. The highest BCUT2D eigenvalue weighted by Gasteiger charge is 2.41. The van der Waals surface area contributed by atoms with Crippen LogP contribution in [0.2, 0.25) is 10.0 Å². The van der Waals surface area contributed by atoms with E-state index in [0.717, 1.165) is 28.3 Å². The number of hydrogen-bond acceptors (Lipinski definition) is 5. The number of carbonyl (C=O) groups is 1. The number of hydrogen-bond donors (Lipinski definition) is 1. The molecule has 5 rings (SSSR count). The third kappa shape index (κ3) is 5.22. The molecule has 198 valence electrons. The molecule has 3 aromatic carbocycles. The van der Waals surface area contributed by atoms with Crippen molar-refractivity contribution in [3.63, 3.8) is 0 Å². The molecule has 0 saturated carbocycles. The van der Waals surface area contributed by atoms with Gasteiger partial charge in [0.25, 0.3) is 0 Å². The summed E-state index contributed by atoms with van der Waals surface area (Å²) in [5.41, 5.74) is 14.8. The number of thioether (sulfide) groups is 1. The van der Waals surface area contributed by atoms with Crippen LogP contribution in [0.4, 0.5) is 5.69 Å². The quantitative estimate of drug-likeness (QED) is 0.320. The Morgan fingerprint density at radius 2 is 1.79 bits per heavy atom. The number of Topliss-reactive ketones (excluding diaryl/α,β-unsaturated/α-hetero) is 1. The number of halogens is 2. The van der Waals surface area contributed by atoms with Crippen LogP contribution in [-0.2, 0) is 16.3 Å². The van der Waals surface area contributed by atoms with E-state index in [1.165, 1.54) is 16.7 Å². The Kier molecular flexibility index (Phi) is 8.09. The highest BCUT2D eigenvalue weighted by Crippen LogP contribution is 2.49. The molecule has 0 amide bonds. The number of ketones is 1. The van der Waals surface area contributed by atoms with Crippen LogP contribution in [0, 0.1) is 25.2 Å². The predicted molar refractivity (Wildman–Crippen MR) is 162 cm³/mol. The van der Waals surface area contributed by atoms with Crippen molar-refractivity contribution >= 4 is 46.4 Å². The predicted octanol–water partition coefficient (Wildman–Crippen LogP) is 8.35. The van der Waals surface area contributed by atoms with E-state index in [1.54, 1.807) is 17.0 Å². The number of anilines is 1. The van der Waals surface area contributed by atoms with Crippen molar-refractivity contribution in [2.24, 2.45) is 5.73 Å².